The lowest BCUT2D eigenvalue weighted by molar-refractivity contribution is -0.124. The van der Waals surface area contributed by atoms with E-state index in [1.165, 1.54) is 11.1 Å². The third-order valence-electron chi connectivity index (χ3n) is 3.07. The minimum atomic E-state index is -0.261. The molecule has 0 radical (unpaired) electrons. The molecular weight excluding hydrogens is 226 g/mol. The molecule has 18 heavy (non-hydrogen) atoms. The highest BCUT2D eigenvalue weighted by molar-refractivity contribution is 5.26. The van der Waals surface area contributed by atoms with Gasteiger partial charge in [0.1, 0.15) is 0 Å². The summed E-state index contributed by atoms with van der Waals surface area (Å²) in [6.45, 7) is 5.27. The van der Waals surface area contributed by atoms with Crippen LogP contribution in [0.15, 0.2) is 24.3 Å². The smallest absolute Gasteiger partial charge is 0.176 e. The van der Waals surface area contributed by atoms with Crippen molar-refractivity contribution in [1.29, 1.82) is 0 Å². The standard InChI is InChI=1S/C15H25NO2/c1-5-10-16-14(15(17-3)18-4)13-9-7-8-12(6-2)11-13/h7-9,11,14-16H,5-6,10H2,1-4H3. The third kappa shape index (κ3) is 4.09. The van der Waals surface area contributed by atoms with Gasteiger partial charge in [-0.15, -0.1) is 0 Å². The van der Waals surface area contributed by atoms with E-state index in [-0.39, 0.29) is 12.3 Å². The molecule has 1 N–H and O–H groups in total. The van der Waals surface area contributed by atoms with E-state index < -0.39 is 0 Å². The van der Waals surface area contributed by atoms with Gasteiger partial charge >= 0.3 is 0 Å². The van der Waals surface area contributed by atoms with E-state index in [2.05, 4.69) is 43.4 Å². The zero-order valence-electron chi connectivity index (χ0n) is 11.9. The maximum absolute atomic E-state index is 5.40. The van der Waals surface area contributed by atoms with Crippen LogP contribution in [0, 0.1) is 0 Å². The first-order valence-electron chi connectivity index (χ1n) is 6.64. The maximum Gasteiger partial charge on any atom is 0.176 e. The molecule has 1 aromatic carbocycles. The zero-order chi connectivity index (χ0) is 13.4. The summed E-state index contributed by atoms with van der Waals surface area (Å²) in [6.07, 6.45) is 1.87. The maximum atomic E-state index is 5.40. The molecule has 0 aliphatic carbocycles. The van der Waals surface area contributed by atoms with Gasteiger partial charge in [-0.1, -0.05) is 38.1 Å². The van der Waals surface area contributed by atoms with E-state index in [9.17, 15) is 0 Å². The number of nitrogens with one attached hydrogen (secondary N) is 1. The molecule has 3 nitrogen and oxygen atoms in total. The first-order valence-corrected chi connectivity index (χ1v) is 6.64. The first-order chi connectivity index (χ1) is 8.76. The van der Waals surface area contributed by atoms with Crippen molar-refractivity contribution in [2.45, 2.75) is 39.0 Å². The quantitative estimate of drug-likeness (QED) is 0.721. The highest BCUT2D eigenvalue weighted by Crippen LogP contribution is 2.21. The Labute approximate surface area is 110 Å². The van der Waals surface area contributed by atoms with E-state index in [4.69, 9.17) is 9.47 Å². The van der Waals surface area contributed by atoms with Crippen LogP contribution < -0.4 is 5.32 Å². The Balaban J connectivity index is 2.92. The molecule has 0 saturated heterocycles. The van der Waals surface area contributed by atoms with Crippen molar-refractivity contribution in [2.75, 3.05) is 20.8 Å². The predicted octanol–water partition coefficient (Wildman–Crippen LogP) is 2.91. The second kappa shape index (κ2) is 8.25. The monoisotopic (exact) mass is 251 g/mol. The van der Waals surface area contributed by atoms with E-state index >= 15 is 0 Å². The molecule has 0 saturated carbocycles. The fourth-order valence-electron chi connectivity index (χ4n) is 2.05. The van der Waals surface area contributed by atoms with Crippen molar-refractivity contribution in [3.05, 3.63) is 35.4 Å². The Morgan fingerprint density at radius 1 is 1.17 bits per heavy atom. The molecule has 0 aliphatic rings. The van der Waals surface area contributed by atoms with Gasteiger partial charge in [-0.2, -0.15) is 0 Å². The van der Waals surface area contributed by atoms with Crippen LogP contribution in [-0.4, -0.2) is 27.1 Å². The van der Waals surface area contributed by atoms with Gasteiger partial charge in [0.15, 0.2) is 6.29 Å². The molecule has 0 fully saturated rings. The predicted molar refractivity (Wildman–Crippen MR) is 74.7 cm³/mol. The van der Waals surface area contributed by atoms with Gasteiger partial charge in [-0.05, 0) is 30.5 Å². The molecule has 1 unspecified atom stereocenters. The number of benzene rings is 1. The van der Waals surface area contributed by atoms with Gasteiger partial charge in [0.2, 0.25) is 0 Å². The summed E-state index contributed by atoms with van der Waals surface area (Å²) in [5.41, 5.74) is 2.55. The van der Waals surface area contributed by atoms with E-state index in [0.717, 1.165) is 19.4 Å². The number of hydrogen-bond donors (Lipinski definition) is 1. The zero-order valence-corrected chi connectivity index (χ0v) is 11.9. The van der Waals surface area contributed by atoms with Crippen LogP contribution in [0.4, 0.5) is 0 Å². The lowest BCUT2D eigenvalue weighted by atomic mass is 10.0. The molecule has 1 atom stereocenters. The highest BCUT2D eigenvalue weighted by Gasteiger charge is 2.22. The SMILES string of the molecule is CCCNC(c1cccc(CC)c1)C(OC)OC. The minimum absolute atomic E-state index is 0.0754. The van der Waals surface area contributed by atoms with Gasteiger partial charge in [0, 0.05) is 14.2 Å². The Morgan fingerprint density at radius 2 is 1.89 bits per heavy atom. The van der Waals surface area contributed by atoms with Gasteiger partial charge in [-0.25, -0.2) is 0 Å². The van der Waals surface area contributed by atoms with Gasteiger partial charge < -0.3 is 14.8 Å². The Kier molecular flexibility index (Phi) is 6.94. The van der Waals surface area contributed by atoms with Crippen molar-refractivity contribution in [2.24, 2.45) is 0 Å². The Morgan fingerprint density at radius 3 is 2.44 bits per heavy atom. The number of ether oxygens (including phenoxy) is 2. The fraction of sp³-hybridized carbons (Fsp3) is 0.600. The summed E-state index contributed by atoms with van der Waals surface area (Å²) in [4.78, 5) is 0. The van der Waals surface area contributed by atoms with Crippen LogP contribution in [0.3, 0.4) is 0 Å². The molecule has 0 aliphatic heterocycles. The highest BCUT2D eigenvalue weighted by atomic mass is 16.7. The van der Waals surface area contributed by atoms with Crippen LogP contribution in [0.2, 0.25) is 0 Å². The van der Waals surface area contributed by atoms with Crippen molar-refractivity contribution in [3.8, 4) is 0 Å². The van der Waals surface area contributed by atoms with Gasteiger partial charge in [0.25, 0.3) is 0 Å². The summed E-state index contributed by atoms with van der Waals surface area (Å²) < 4.78 is 10.8. The molecule has 102 valence electrons. The minimum Gasteiger partial charge on any atom is -0.354 e. The van der Waals surface area contributed by atoms with Crippen molar-refractivity contribution in [3.63, 3.8) is 0 Å². The van der Waals surface area contributed by atoms with E-state index in [1.807, 2.05) is 0 Å². The van der Waals surface area contributed by atoms with Crippen molar-refractivity contribution < 1.29 is 9.47 Å². The topological polar surface area (TPSA) is 30.5 Å². The van der Waals surface area contributed by atoms with Crippen LogP contribution >= 0.6 is 0 Å². The van der Waals surface area contributed by atoms with Crippen LogP contribution in [0.5, 0.6) is 0 Å². The van der Waals surface area contributed by atoms with Gasteiger partial charge in [-0.3, -0.25) is 0 Å². The summed E-state index contributed by atoms with van der Waals surface area (Å²) in [6, 6.07) is 8.66. The molecule has 0 bridgehead atoms. The number of rotatable bonds is 8. The molecule has 0 aromatic heterocycles. The normalized spacial score (nSPS) is 12.9. The molecule has 0 spiro atoms. The van der Waals surface area contributed by atoms with Crippen LogP contribution in [0.25, 0.3) is 0 Å². The molecule has 0 amide bonds. The second-order valence-electron chi connectivity index (χ2n) is 4.37. The van der Waals surface area contributed by atoms with Crippen LogP contribution in [0.1, 0.15) is 37.4 Å². The van der Waals surface area contributed by atoms with Crippen molar-refractivity contribution in [1.82, 2.24) is 5.32 Å². The molecule has 1 rings (SSSR count). The molecule has 0 heterocycles. The van der Waals surface area contributed by atoms with Crippen molar-refractivity contribution >= 4 is 0 Å². The molecular formula is C15H25NO2. The fourth-order valence-corrected chi connectivity index (χ4v) is 2.05. The Hall–Kier alpha value is -0.900. The average molecular weight is 251 g/mol. The second-order valence-corrected chi connectivity index (χ2v) is 4.37. The average Bonchev–Trinajstić information content (AvgIpc) is 2.43. The largest absolute Gasteiger partial charge is 0.354 e. The lowest BCUT2D eigenvalue weighted by Gasteiger charge is -2.26. The summed E-state index contributed by atoms with van der Waals surface area (Å²) in [5, 5.41) is 3.49. The number of methoxy groups -OCH3 is 2. The summed E-state index contributed by atoms with van der Waals surface area (Å²) in [7, 11) is 3.36. The van der Waals surface area contributed by atoms with Crippen LogP contribution in [-0.2, 0) is 15.9 Å². The summed E-state index contributed by atoms with van der Waals surface area (Å²) >= 11 is 0. The van der Waals surface area contributed by atoms with E-state index in [1.54, 1.807) is 14.2 Å². The summed E-state index contributed by atoms with van der Waals surface area (Å²) in [5.74, 6) is 0. The van der Waals surface area contributed by atoms with Gasteiger partial charge in [0.05, 0.1) is 6.04 Å². The number of aryl methyl sites for hydroxylation is 1. The molecule has 1 aromatic rings. The third-order valence-corrected chi connectivity index (χ3v) is 3.07. The lowest BCUT2D eigenvalue weighted by Crippen LogP contribution is -2.35. The first kappa shape index (κ1) is 15.2. The Bertz CT molecular complexity index is 337. The molecule has 3 heteroatoms. The van der Waals surface area contributed by atoms with E-state index in [0.29, 0.717) is 0 Å². The number of hydrogen-bond acceptors (Lipinski definition) is 3.